The van der Waals surface area contributed by atoms with Crippen LogP contribution in [-0.4, -0.2) is 40.6 Å². The van der Waals surface area contributed by atoms with Gasteiger partial charge in [-0.05, 0) is 42.5 Å². The third-order valence-electron chi connectivity index (χ3n) is 5.08. The quantitative estimate of drug-likeness (QED) is 0.374. The molecule has 2 aromatic carbocycles. The number of nitrogens with one attached hydrogen (secondary N) is 2. The van der Waals surface area contributed by atoms with Crippen molar-refractivity contribution in [2.24, 2.45) is 0 Å². The van der Waals surface area contributed by atoms with Gasteiger partial charge in [-0.25, -0.2) is 9.97 Å². The van der Waals surface area contributed by atoms with Crippen molar-refractivity contribution < 1.29 is 23.8 Å². The number of carbonyl (C=O) groups is 2. The van der Waals surface area contributed by atoms with Gasteiger partial charge in [0.25, 0.3) is 11.5 Å². The Labute approximate surface area is 211 Å². The number of rotatable bonds is 8. The molecule has 0 aliphatic carbocycles. The van der Waals surface area contributed by atoms with Gasteiger partial charge >= 0.3 is 0 Å². The number of pyridine rings is 1. The molecule has 37 heavy (non-hydrogen) atoms. The summed E-state index contributed by atoms with van der Waals surface area (Å²) in [5.74, 6) is 1.37. The highest BCUT2D eigenvalue weighted by Gasteiger charge is 2.16. The van der Waals surface area contributed by atoms with E-state index in [1.807, 2.05) is 0 Å². The van der Waals surface area contributed by atoms with Crippen molar-refractivity contribution in [2.45, 2.75) is 6.92 Å². The summed E-state index contributed by atoms with van der Waals surface area (Å²) in [4.78, 5) is 45.1. The first kappa shape index (κ1) is 24.9. The number of hydrogen-bond acceptors (Lipinski definition) is 8. The number of hydrogen-bond donors (Lipinski definition) is 2. The van der Waals surface area contributed by atoms with E-state index in [0.29, 0.717) is 40.2 Å². The molecule has 0 aliphatic heterocycles. The topological polar surface area (TPSA) is 134 Å². The molecule has 0 spiro atoms. The molecule has 2 amide bonds. The normalized spacial score (nSPS) is 10.4. The van der Waals surface area contributed by atoms with Gasteiger partial charge in [-0.2, -0.15) is 0 Å². The molecule has 0 aliphatic rings. The highest BCUT2D eigenvalue weighted by Crippen LogP contribution is 2.28. The van der Waals surface area contributed by atoms with Gasteiger partial charge < -0.3 is 24.8 Å². The lowest BCUT2D eigenvalue weighted by atomic mass is 10.2. The number of aromatic nitrogens is 3. The van der Waals surface area contributed by atoms with Gasteiger partial charge in [0.05, 0.1) is 19.9 Å². The third-order valence-corrected chi connectivity index (χ3v) is 5.08. The van der Waals surface area contributed by atoms with Crippen LogP contribution in [0.2, 0.25) is 0 Å². The fourth-order valence-electron chi connectivity index (χ4n) is 3.40. The van der Waals surface area contributed by atoms with Crippen molar-refractivity contribution >= 4 is 23.3 Å². The van der Waals surface area contributed by atoms with E-state index in [0.717, 1.165) is 0 Å². The molecule has 0 fully saturated rings. The lowest BCUT2D eigenvalue weighted by molar-refractivity contribution is -0.114. The zero-order chi connectivity index (χ0) is 26.4. The summed E-state index contributed by atoms with van der Waals surface area (Å²) >= 11 is 0. The first-order valence-corrected chi connectivity index (χ1v) is 11.0. The maximum absolute atomic E-state index is 13.0. The van der Waals surface area contributed by atoms with Crippen molar-refractivity contribution in [3.05, 3.63) is 89.2 Å². The van der Waals surface area contributed by atoms with Crippen molar-refractivity contribution in [3.63, 3.8) is 0 Å². The number of nitrogens with zero attached hydrogens (tertiary/aromatic N) is 3. The van der Waals surface area contributed by atoms with Crippen LogP contribution in [0.5, 0.6) is 23.0 Å². The maximum Gasteiger partial charge on any atom is 0.286 e. The SMILES string of the molecule is COc1ccc(-n2ccnc(C(=O)Nc3ccc(Oc4ccnc(NC(C)=O)c4)cc3)c2=O)cc1OC. The van der Waals surface area contributed by atoms with E-state index in [1.54, 1.807) is 54.6 Å². The first-order valence-electron chi connectivity index (χ1n) is 11.0. The Kier molecular flexibility index (Phi) is 7.43. The van der Waals surface area contributed by atoms with Gasteiger partial charge in [0, 0.05) is 43.3 Å². The van der Waals surface area contributed by atoms with Crippen molar-refractivity contribution in [2.75, 3.05) is 24.9 Å². The van der Waals surface area contributed by atoms with Gasteiger partial charge in [-0.1, -0.05) is 0 Å². The van der Waals surface area contributed by atoms with Crippen molar-refractivity contribution in [1.29, 1.82) is 0 Å². The Morgan fingerprint density at radius 1 is 0.838 bits per heavy atom. The zero-order valence-corrected chi connectivity index (χ0v) is 20.2. The van der Waals surface area contributed by atoms with Crippen LogP contribution in [0, 0.1) is 0 Å². The molecular weight excluding hydrogens is 478 g/mol. The minimum atomic E-state index is -0.664. The van der Waals surface area contributed by atoms with E-state index < -0.39 is 11.5 Å². The Morgan fingerprint density at radius 2 is 1.59 bits per heavy atom. The fraction of sp³-hybridized carbons (Fsp3) is 0.115. The molecule has 0 saturated heterocycles. The molecule has 0 atom stereocenters. The highest BCUT2D eigenvalue weighted by atomic mass is 16.5. The monoisotopic (exact) mass is 501 g/mol. The molecule has 4 rings (SSSR count). The van der Waals surface area contributed by atoms with E-state index in [-0.39, 0.29) is 11.6 Å². The van der Waals surface area contributed by atoms with E-state index >= 15 is 0 Å². The van der Waals surface area contributed by atoms with E-state index in [2.05, 4.69) is 20.6 Å². The van der Waals surface area contributed by atoms with Gasteiger partial charge in [0.1, 0.15) is 17.3 Å². The van der Waals surface area contributed by atoms with Crippen molar-refractivity contribution in [3.8, 4) is 28.7 Å². The summed E-state index contributed by atoms with van der Waals surface area (Å²) in [7, 11) is 3.01. The second-order valence-electron chi connectivity index (χ2n) is 7.63. The van der Waals surface area contributed by atoms with Crippen LogP contribution in [0.3, 0.4) is 0 Å². The van der Waals surface area contributed by atoms with E-state index in [1.165, 1.54) is 44.3 Å². The average molecular weight is 501 g/mol. The summed E-state index contributed by atoms with van der Waals surface area (Å²) in [6.45, 7) is 1.39. The average Bonchev–Trinajstić information content (AvgIpc) is 2.89. The Bertz CT molecular complexity index is 1500. The summed E-state index contributed by atoms with van der Waals surface area (Å²) in [6.07, 6.45) is 4.34. The summed E-state index contributed by atoms with van der Waals surface area (Å²) in [5, 5.41) is 5.25. The molecule has 4 aromatic rings. The lowest BCUT2D eigenvalue weighted by Gasteiger charge is -2.12. The minimum Gasteiger partial charge on any atom is -0.493 e. The van der Waals surface area contributed by atoms with Gasteiger partial charge in [-0.3, -0.25) is 19.0 Å². The van der Waals surface area contributed by atoms with Gasteiger partial charge in [0.2, 0.25) is 5.91 Å². The van der Waals surface area contributed by atoms with Crippen LogP contribution in [0.25, 0.3) is 5.69 Å². The fourth-order valence-corrected chi connectivity index (χ4v) is 3.40. The molecule has 0 radical (unpaired) electrons. The number of benzene rings is 2. The molecule has 11 nitrogen and oxygen atoms in total. The largest absolute Gasteiger partial charge is 0.493 e. The maximum atomic E-state index is 13.0. The molecule has 0 unspecified atom stereocenters. The molecular formula is C26H23N5O6. The van der Waals surface area contributed by atoms with Gasteiger partial charge in [0.15, 0.2) is 17.2 Å². The first-order chi connectivity index (χ1) is 17.9. The number of ether oxygens (including phenoxy) is 3. The van der Waals surface area contributed by atoms with Gasteiger partial charge in [-0.15, -0.1) is 0 Å². The second kappa shape index (κ2) is 11.0. The summed E-state index contributed by atoms with van der Waals surface area (Å²) in [6, 6.07) is 14.7. The van der Waals surface area contributed by atoms with Crippen molar-refractivity contribution in [1.82, 2.24) is 14.5 Å². The van der Waals surface area contributed by atoms with Crippen LogP contribution in [0.15, 0.2) is 78.0 Å². The molecule has 2 N–H and O–H groups in total. The predicted molar refractivity (Wildman–Crippen MR) is 136 cm³/mol. The molecule has 0 saturated carbocycles. The minimum absolute atomic E-state index is 0.242. The Hall–Kier alpha value is -5.19. The lowest BCUT2D eigenvalue weighted by Crippen LogP contribution is -2.29. The number of carbonyl (C=O) groups excluding carboxylic acids is 2. The van der Waals surface area contributed by atoms with Crippen LogP contribution in [0.4, 0.5) is 11.5 Å². The second-order valence-corrected chi connectivity index (χ2v) is 7.63. The Morgan fingerprint density at radius 3 is 2.30 bits per heavy atom. The summed E-state index contributed by atoms with van der Waals surface area (Å²) in [5.41, 5.74) is 0.0480. The number of methoxy groups -OCH3 is 2. The highest BCUT2D eigenvalue weighted by molar-refractivity contribution is 6.02. The molecule has 11 heteroatoms. The van der Waals surface area contributed by atoms with Crippen LogP contribution in [-0.2, 0) is 4.79 Å². The van der Waals surface area contributed by atoms with Crippen LogP contribution >= 0.6 is 0 Å². The molecule has 0 bridgehead atoms. The number of anilines is 2. The van der Waals surface area contributed by atoms with Crippen LogP contribution in [0.1, 0.15) is 17.4 Å². The standard InChI is InChI=1S/C26H23N5O6/c1-16(32)29-23-15-20(10-11-27-23)37-19-7-4-17(5-8-19)30-25(33)24-26(34)31(13-12-28-24)18-6-9-21(35-2)22(14-18)36-3/h4-15H,1-3H3,(H,30,33)(H,27,29,32). The third kappa shape index (κ3) is 5.90. The van der Waals surface area contributed by atoms with E-state index in [4.69, 9.17) is 14.2 Å². The molecule has 188 valence electrons. The number of amides is 2. The van der Waals surface area contributed by atoms with E-state index in [9.17, 15) is 14.4 Å². The zero-order valence-electron chi connectivity index (χ0n) is 20.2. The van der Waals surface area contributed by atoms with Crippen LogP contribution < -0.4 is 30.4 Å². The molecule has 2 heterocycles. The predicted octanol–water partition coefficient (Wildman–Crippen LogP) is 3.65. The summed E-state index contributed by atoms with van der Waals surface area (Å²) < 4.78 is 17.6. The Balaban J connectivity index is 1.48. The molecule has 2 aromatic heterocycles. The smallest absolute Gasteiger partial charge is 0.286 e.